The Hall–Kier alpha value is -3.73. The topological polar surface area (TPSA) is 87.9 Å². The first-order valence-corrected chi connectivity index (χ1v) is 12.5. The third-order valence-electron chi connectivity index (χ3n) is 7.55. The molecular formula is C27H31N7O3. The minimum Gasteiger partial charge on any atom is -0.383 e. The summed E-state index contributed by atoms with van der Waals surface area (Å²) >= 11 is 0. The largest absolute Gasteiger partial charge is 0.383 e. The van der Waals surface area contributed by atoms with Gasteiger partial charge in [0.15, 0.2) is 0 Å². The van der Waals surface area contributed by atoms with Gasteiger partial charge in [0, 0.05) is 44.9 Å². The van der Waals surface area contributed by atoms with Gasteiger partial charge < -0.3 is 14.5 Å². The molecule has 10 nitrogen and oxygen atoms in total. The molecular weight excluding hydrogens is 470 g/mol. The maximum atomic E-state index is 13.2. The lowest BCUT2D eigenvalue weighted by atomic mass is 10.0. The molecule has 2 amide bonds. The second-order valence-corrected chi connectivity index (χ2v) is 9.80. The standard InChI is InChI=1S/C27H31N7O3/c1-30-10-11-32-24(16-30)29-17-34(27(32)36)20-7-4-18(5-8-20)19-6-9-22-21(14-19)25-23(15-28-22)31(2)26(35)33(25)12-13-37-3/h4-9,14-15,24,29H,10-13,16-17H2,1-3H3. The number of pyridine rings is 1. The lowest BCUT2D eigenvalue weighted by molar-refractivity contribution is 0.0818. The number of amides is 2. The average molecular weight is 502 g/mol. The van der Waals surface area contributed by atoms with Crippen LogP contribution in [-0.2, 0) is 18.3 Å². The summed E-state index contributed by atoms with van der Waals surface area (Å²) in [6.45, 7) is 3.83. The number of aryl methyl sites for hydroxylation is 1. The van der Waals surface area contributed by atoms with Crippen molar-refractivity contribution in [3.63, 3.8) is 0 Å². The van der Waals surface area contributed by atoms with E-state index in [1.54, 1.807) is 34.4 Å². The molecule has 10 heteroatoms. The molecule has 1 N–H and O–H groups in total. The van der Waals surface area contributed by atoms with Gasteiger partial charge in [-0.1, -0.05) is 18.2 Å². The van der Waals surface area contributed by atoms with Crippen LogP contribution in [-0.4, -0.2) is 83.2 Å². The van der Waals surface area contributed by atoms with E-state index >= 15 is 0 Å². The van der Waals surface area contributed by atoms with Gasteiger partial charge in [0.05, 0.1) is 48.7 Å². The van der Waals surface area contributed by atoms with Crippen LogP contribution < -0.4 is 15.9 Å². The van der Waals surface area contributed by atoms with Crippen molar-refractivity contribution in [2.24, 2.45) is 7.05 Å². The molecule has 2 aromatic carbocycles. The minimum absolute atomic E-state index is 0.0434. The van der Waals surface area contributed by atoms with E-state index < -0.39 is 0 Å². The Morgan fingerprint density at radius 2 is 1.84 bits per heavy atom. The first-order chi connectivity index (χ1) is 18.0. The summed E-state index contributed by atoms with van der Waals surface area (Å²) in [5.74, 6) is 0. The number of benzene rings is 2. The third kappa shape index (κ3) is 3.97. The van der Waals surface area contributed by atoms with Crippen molar-refractivity contribution >= 4 is 33.7 Å². The normalized spacial score (nSPS) is 18.7. The van der Waals surface area contributed by atoms with E-state index in [1.165, 1.54) is 0 Å². The third-order valence-corrected chi connectivity index (χ3v) is 7.55. The SMILES string of the molecule is COCCn1c(=O)n(C)c2cnc3ccc(-c4ccc(N5CNC6CN(C)CCN6C5=O)cc4)cc3c21. The molecule has 37 heavy (non-hydrogen) atoms. The number of imidazole rings is 1. The van der Waals surface area contributed by atoms with Gasteiger partial charge >= 0.3 is 11.7 Å². The number of nitrogens with zero attached hydrogens (tertiary/aromatic N) is 6. The van der Waals surface area contributed by atoms with Gasteiger partial charge in [-0.3, -0.25) is 24.3 Å². The van der Waals surface area contributed by atoms with E-state index in [4.69, 9.17) is 4.74 Å². The van der Waals surface area contributed by atoms with Crippen LogP contribution in [0.5, 0.6) is 0 Å². The highest BCUT2D eigenvalue weighted by Gasteiger charge is 2.36. The van der Waals surface area contributed by atoms with Crippen molar-refractivity contribution in [3.05, 3.63) is 59.1 Å². The van der Waals surface area contributed by atoms with E-state index in [2.05, 4.69) is 28.3 Å². The lowest BCUT2D eigenvalue weighted by Crippen LogP contribution is -2.68. The number of carbonyl (C=O) groups is 1. The Bertz CT molecular complexity index is 1540. The zero-order valence-corrected chi connectivity index (χ0v) is 21.3. The number of likely N-dealkylation sites (N-methyl/N-ethyl adjacent to an activating group) is 1. The number of hydrogen-bond acceptors (Lipinski definition) is 6. The lowest BCUT2D eigenvalue weighted by Gasteiger charge is -2.46. The van der Waals surface area contributed by atoms with Gasteiger partial charge in [-0.15, -0.1) is 0 Å². The average Bonchev–Trinajstić information content (AvgIpc) is 3.16. The molecule has 1 atom stereocenters. The molecule has 2 saturated heterocycles. The van der Waals surface area contributed by atoms with E-state index in [0.29, 0.717) is 19.8 Å². The molecule has 192 valence electrons. The van der Waals surface area contributed by atoms with E-state index in [9.17, 15) is 9.59 Å². The smallest absolute Gasteiger partial charge is 0.328 e. The monoisotopic (exact) mass is 501 g/mol. The molecule has 6 rings (SSSR count). The van der Waals surface area contributed by atoms with E-state index in [-0.39, 0.29) is 17.9 Å². The number of methoxy groups -OCH3 is 1. The zero-order valence-electron chi connectivity index (χ0n) is 21.3. The molecule has 2 aromatic heterocycles. The predicted molar refractivity (Wildman–Crippen MR) is 144 cm³/mol. The van der Waals surface area contributed by atoms with Crippen molar-refractivity contribution in [1.82, 2.24) is 29.2 Å². The second-order valence-electron chi connectivity index (χ2n) is 9.80. The van der Waals surface area contributed by atoms with Crippen LogP contribution >= 0.6 is 0 Å². The quantitative estimate of drug-likeness (QED) is 0.452. The fourth-order valence-electron chi connectivity index (χ4n) is 5.42. The summed E-state index contributed by atoms with van der Waals surface area (Å²) in [6, 6.07) is 14.2. The second kappa shape index (κ2) is 9.29. The number of carbonyl (C=O) groups excluding carboxylic acids is 1. The highest BCUT2D eigenvalue weighted by atomic mass is 16.5. The van der Waals surface area contributed by atoms with E-state index in [1.807, 2.05) is 41.3 Å². The fraction of sp³-hybridized carbons (Fsp3) is 0.370. The van der Waals surface area contributed by atoms with Gasteiger partial charge in [-0.05, 0) is 42.4 Å². The van der Waals surface area contributed by atoms with Crippen LogP contribution in [0.25, 0.3) is 33.1 Å². The molecule has 4 aromatic rings. The summed E-state index contributed by atoms with van der Waals surface area (Å²) in [4.78, 5) is 36.6. The van der Waals surface area contributed by atoms with Gasteiger partial charge in [0.2, 0.25) is 0 Å². The molecule has 0 radical (unpaired) electrons. The summed E-state index contributed by atoms with van der Waals surface area (Å²) in [7, 11) is 5.48. The zero-order chi connectivity index (χ0) is 25.7. The maximum Gasteiger partial charge on any atom is 0.328 e. The molecule has 2 aliphatic rings. The van der Waals surface area contributed by atoms with Crippen molar-refractivity contribution in [1.29, 1.82) is 0 Å². The molecule has 4 heterocycles. The van der Waals surface area contributed by atoms with Crippen molar-refractivity contribution in [2.45, 2.75) is 12.7 Å². The Labute approximate surface area is 214 Å². The van der Waals surface area contributed by atoms with E-state index in [0.717, 1.165) is 58.4 Å². The predicted octanol–water partition coefficient (Wildman–Crippen LogP) is 2.26. The minimum atomic E-state index is -0.0847. The van der Waals surface area contributed by atoms with Crippen LogP contribution in [0.2, 0.25) is 0 Å². The van der Waals surface area contributed by atoms with Gasteiger partial charge in [-0.2, -0.15) is 0 Å². The Kier molecular flexibility index (Phi) is 5.94. The molecule has 0 spiro atoms. The van der Waals surface area contributed by atoms with Crippen LogP contribution in [0, 0.1) is 0 Å². The van der Waals surface area contributed by atoms with Gasteiger partial charge in [-0.25, -0.2) is 9.59 Å². The Morgan fingerprint density at radius 1 is 1.05 bits per heavy atom. The van der Waals surface area contributed by atoms with Crippen molar-refractivity contribution in [2.75, 3.05) is 52.0 Å². The van der Waals surface area contributed by atoms with Gasteiger partial charge in [0.1, 0.15) is 0 Å². The van der Waals surface area contributed by atoms with Crippen molar-refractivity contribution in [3.8, 4) is 11.1 Å². The molecule has 2 aliphatic heterocycles. The first-order valence-electron chi connectivity index (χ1n) is 12.5. The molecule has 0 bridgehead atoms. The van der Waals surface area contributed by atoms with Crippen LogP contribution in [0.15, 0.2) is 53.5 Å². The number of rotatable bonds is 5. The highest BCUT2D eigenvalue weighted by molar-refractivity contribution is 6.04. The summed E-state index contributed by atoms with van der Waals surface area (Å²) in [5.41, 5.74) is 5.30. The Morgan fingerprint density at radius 3 is 2.62 bits per heavy atom. The van der Waals surface area contributed by atoms with Crippen LogP contribution in [0.4, 0.5) is 10.5 Å². The summed E-state index contributed by atoms with van der Waals surface area (Å²) in [5, 5.41) is 4.40. The maximum absolute atomic E-state index is 13.2. The molecule has 0 saturated carbocycles. The van der Waals surface area contributed by atoms with Crippen LogP contribution in [0.3, 0.4) is 0 Å². The number of ether oxygens (including phenoxy) is 1. The fourth-order valence-corrected chi connectivity index (χ4v) is 5.42. The number of anilines is 1. The summed E-state index contributed by atoms with van der Waals surface area (Å²) in [6.07, 6.45) is 1.81. The highest BCUT2D eigenvalue weighted by Crippen LogP contribution is 2.30. The Balaban J connectivity index is 1.33. The number of piperazine rings is 1. The molecule has 2 fully saturated rings. The molecule has 0 aliphatic carbocycles. The molecule has 1 unspecified atom stereocenters. The first kappa shape index (κ1) is 23.7. The van der Waals surface area contributed by atoms with Crippen LogP contribution in [0.1, 0.15) is 0 Å². The summed E-state index contributed by atoms with van der Waals surface area (Å²) < 4.78 is 8.64. The van der Waals surface area contributed by atoms with Crippen molar-refractivity contribution < 1.29 is 9.53 Å². The number of urea groups is 1. The number of hydrogen-bond donors (Lipinski definition) is 1. The van der Waals surface area contributed by atoms with Gasteiger partial charge in [0.25, 0.3) is 0 Å². The number of aromatic nitrogens is 3. The number of nitrogens with one attached hydrogen (secondary N) is 1. The number of fused-ring (bicyclic) bond motifs is 4.